The van der Waals surface area contributed by atoms with Crippen LogP contribution in [0.5, 0.6) is 11.6 Å². The topological polar surface area (TPSA) is 57.8 Å². The van der Waals surface area contributed by atoms with Crippen molar-refractivity contribution in [2.75, 3.05) is 0 Å². The maximum atomic E-state index is 6.33. The molecule has 0 aliphatic carbocycles. The summed E-state index contributed by atoms with van der Waals surface area (Å²) in [7, 11) is 0. The van der Waals surface area contributed by atoms with Crippen molar-refractivity contribution in [3.63, 3.8) is 0 Å². The molecule has 0 aliphatic heterocycles. The summed E-state index contributed by atoms with van der Waals surface area (Å²) < 4.78 is 10.6. The number of pyridine rings is 3. The van der Waals surface area contributed by atoms with Crippen molar-refractivity contribution in [1.29, 1.82) is 0 Å². The summed E-state index contributed by atoms with van der Waals surface area (Å²) in [4.78, 5) is 14.3. The first-order chi connectivity index (χ1) is 19.3. The Balaban J connectivity index is 1.22. The fraction of sp³-hybridized carbons (Fsp3) is 0. The Labute approximate surface area is 223 Å². The van der Waals surface area contributed by atoms with E-state index in [1.165, 1.54) is 5.39 Å². The average molecular weight is 504 g/mol. The summed E-state index contributed by atoms with van der Waals surface area (Å²) in [6.07, 6.45) is 3.64. The molecule has 5 aromatic heterocycles. The second kappa shape index (κ2) is 8.53. The monoisotopic (exact) mass is 503 g/mol. The van der Waals surface area contributed by atoms with E-state index in [1.807, 2.05) is 73.1 Å². The second-order valence-corrected chi connectivity index (χ2v) is 9.39. The van der Waals surface area contributed by atoms with Gasteiger partial charge in [0, 0.05) is 46.1 Å². The SMILES string of the molecule is c1cc(Oc2cccc(-n3c4ccccc4c4cccnc43)n2)cc(-n2c3ccccc3c3cccnc32)c1. The van der Waals surface area contributed by atoms with Crippen molar-refractivity contribution < 1.29 is 4.74 Å². The number of hydrogen-bond acceptors (Lipinski definition) is 4. The number of ether oxygens (including phenoxy) is 1. The molecule has 0 amide bonds. The summed E-state index contributed by atoms with van der Waals surface area (Å²) >= 11 is 0. The smallest absolute Gasteiger partial charge is 0.221 e. The van der Waals surface area contributed by atoms with Crippen LogP contribution in [0.2, 0.25) is 0 Å². The molecule has 6 nitrogen and oxygen atoms in total. The summed E-state index contributed by atoms with van der Waals surface area (Å²) in [6.45, 7) is 0. The maximum absolute atomic E-state index is 6.33. The molecule has 0 aliphatic rings. The maximum Gasteiger partial charge on any atom is 0.221 e. The summed E-state index contributed by atoms with van der Waals surface area (Å²) in [6, 6.07) is 38.7. The molecular weight excluding hydrogens is 482 g/mol. The minimum absolute atomic E-state index is 0.506. The van der Waals surface area contributed by atoms with Gasteiger partial charge in [0.05, 0.1) is 16.7 Å². The van der Waals surface area contributed by atoms with Crippen molar-refractivity contribution in [2.45, 2.75) is 0 Å². The Hall–Kier alpha value is -5.49. The van der Waals surface area contributed by atoms with E-state index in [0.717, 1.165) is 50.0 Å². The van der Waals surface area contributed by atoms with Gasteiger partial charge in [-0.05, 0) is 54.6 Å². The number of hydrogen-bond donors (Lipinski definition) is 0. The Morgan fingerprint density at radius 2 is 1.13 bits per heavy atom. The van der Waals surface area contributed by atoms with Gasteiger partial charge in [-0.25, -0.2) is 9.97 Å². The van der Waals surface area contributed by atoms with Crippen molar-refractivity contribution in [1.82, 2.24) is 24.1 Å². The summed E-state index contributed by atoms with van der Waals surface area (Å²) in [5, 5.41) is 4.52. The molecule has 0 fully saturated rings. The predicted molar refractivity (Wildman–Crippen MR) is 155 cm³/mol. The van der Waals surface area contributed by atoms with Gasteiger partial charge in [-0.1, -0.05) is 48.5 Å². The van der Waals surface area contributed by atoms with Gasteiger partial charge in [-0.3, -0.25) is 9.13 Å². The van der Waals surface area contributed by atoms with Crippen LogP contribution in [0.3, 0.4) is 0 Å². The second-order valence-electron chi connectivity index (χ2n) is 9.39. The van der Waals surface area contributed by atoms with E-state index in [1.54, 1.807) is 0 Å². The number of aromatic nitrogens is 5. The fourth-order valence-corrected chi connectivity index (χ4v) is 5.48. The van der Waals surface area contributed by atoms with Crippen molar-refractivity contribution in [3.05, 3.63) is 128 Å². The van der Waals surface area contributed by atoms with Crippen LogP contribution in [0.15, 0.2) is 128 Å². The van der Waals surface area contributed by atoms with E-state index in [-0.39, 0.29) is 0 Å². The molecule has 0 saturated heterocycles. The van der Waals surface area contributed by atoms with Crippen molar-refractivity contribution >= 4 is 43.9 Å². The average Bonchev–Trinajstić information content (AvgIpc) is 3.51. The number of benzene rings is 3. The summed E-state index contributed by atoms with van der Waals surface area (Å²) in [5.74, 6) is 1.95. The van der Waals surface area contributed by atoms with Crippen LogP contribution in [0.4, 0.5) is 0 Å². The quantitative estimate of drug-likeness (QED) is 0.245. The van der Waals surface area contributed by atoms with E-state index in [4.69, 9.17) is 14.7 Å². The molecular formula is C33H21N5O. The van der Waals surface area contributed by atoms with E-state index in [2.05, 4.69) is 68.7 Å². The van der Waals surface area contributed by atoms with Crippen molar-refractivity contribution in [2.24, 2.45) is 0 Å². The van der Waals surface area contributed by atoms with E-state index < -0.39 is 0 Å². The molecule has 3 aromatic carbocycles. The molecule has 0 radical (unpaired) electrons. The van der Waals surface area contributed by atoms with Gasteiger partial charge in [-0.2, -0.15) is 4.98 Å². The van der Waals surface area contributed by atoms with Gasteiger partial charge >= 0.3 is 0 Å². The van der Waals surface area contributed by atoms with E-state index in [9.17, 15) is 0 Å². The zero-order chi connectivity index (χ0) is 25.8. The number of nitrogens with zero attached hydrogens (tertiary/aromatic N) is 5. The minimum Gasteiger partial charge on any atom is -0.439 e. The van der Waals surface area contributed by atoms with Crippen LogP contribution in [-0.2, 0) is 0 Å². The zero-order valence-corrected chi connectivity index (χ0v) is 20.8. The first kappa shape index (κ1) is 21.6. The van der Waals surface area contributed by atoms with Crippen LogP contribution in [0.25, 0.3) is 55.4 Å². The van der Waals surface area contributed by atoms with Gasteiger partial charge in [0.2, 0.25) is 5.88 Å². The first-order valence-corrected chi connectivity index (χ1v) is 12.8. The highest BCUT2D eigenvalue weighted by atomic mass is 16.5. The largest absolute Gasteiger partial charge is 0.439 e. The normalized spacial score (nSPS) is 11.6. The molecule has 184 valence electrons. The van der Waals surface area contributed by atoms with Crippen LogP contribution >= 0.6 is 0 Å². The highest BCUT2D eigenvalue weighted by Crippen LogP contribution is 2.33. The van der Waals surface area contributed by atoms with Gasteiger partial charge in [0.15, 0.2) is 0 Å². The van der Waals surface area contributed by atoms with Gasteiger partial charge < -0.3 is 4.74 Å². The lowest BCUT2D eigenvalue weighted by atomic mass is 10.2. The molecule has 8 rings (SSSR count). The molecule has 0 spiro atoms. The van der Waals surface area contributed by atoms with Crippen LogP contribution < -0.4 is 4.74 Å². The molecule has 0 saturated carbocycles. The molecule has 6 heteroatoms. The molecule has 5 heterocycles. The summed E-state index contributed by atoms with van der Waals surface area (Å²) in [5.41, 5.74) is 4.90. The lowest BCUT2D eigenvalue weighted by molar-refractivity contribution is 0.462. The Kier molecular flexibility index (Phi) is 4.72. The number of fused-ring (bicyclic) bond motifs is 6. The predicted octanol–water partition coefficient (Wildman–Crippen LogP) is 7.86. The molecule has 0 unspecified atom stereocenters. The van der Waals surface area contributed by atoms with Gasteiger partial charge in [-0.15, -0.1) is 0 Å². The van der Waals surface area contributed by atoms with Crippen LogP contribution in [0, 0.1) is 0 Å². The highest BCUT2D eigenvalue weighted by Gasteiger charge is 2.15. The number of para-hydroxylation sites is 2. The minimum atomic E-state index is 0.506. The third-order valence-corrected chi connectivity index (χ3v) is 7.10. The Bertz CT molecular complexity index is 1910. The fourth-order valence-electron chi connectivity index (χ4n) is 5.48. The molecule has 0 N–H and O–H groups in total. The Morgan fingerprint density at radius 1 is 0.513 bits per heavy atom. The highest BCUT2D eigenvalue weighted by molar-refractivity contribution is 6.08. The van der Waals surface area contributed by atoms with Gasteiger partial charge in [0.1, 0.15) is 22.9 Å². The zero-order valence-electron chi connectivity index (χ0n) is 20.8. The van der Waals surface area contributed by atoms with Crippen LogP contribution in [0.1, 0.15) is 0 Å². The first-order valence-electron chi connectivity index (χ1n) is 12.8. The lowest BCUT2D eigenvalue weighted by Crippen LogP contribution is -2.00. The lowest BCUT2D eigenvalue weighted by Gasteiger charge is -2.11. The van der Waals surface area contributed by atoms with E-state index >= 15 is 0 Å². The molecule has 8 aromatic rings. The Morgan fingerprint density at radius 3 is 1.87 bits per heavy atom. The van der Waals surface area contributed by atoms with Gasteiger partial charge in [0.25, 0.3) is 0 Å². The standard InChI is InChI=1S/C33H21N5O/c1-3-15-28-24(11-1)26-13-7-19-34-32(26)37(28)22-9-5-10-23(21-22)39-31-18-6-17-30(36-31)38-29-16-4-2-12-25(29)27-14-8-20-35-33(27)38/h1-21H. The molecule has 39 heavy (non-hydrogen) atoms. The van der Waals surface area contributed by atoms with E-state index in [0.29, 0.717) is 11.6 Å². The van der Waals surface area contributed by atoms with Crippen molar-refractivity contribution in [3.8, 4) is 23.1 Å². The number of rotatable bonds is 4. The third kappa shape index (κ3) is 3.39. The molecule has 0 bridgehead atoms. The van der Waals surface area contributed by atoms with Crippen LogP contribution in [-0.4, -0.2) is 24.1 Å². The molecule has 0 atom stereocenters. The third-order valence-electron chi connectivity index (χ3n) is 7.10.